The Hall–Kier alpha value is -3.34. The van der Waals surface area contributed by atoms with E-state index in [1.54, 1.807) is 29.9 Å². The summed E-state index contributed by atoms with van der Waals surface area (Å²) in [4.78, 5) is 24.1. The number of benzene rings is 2. The molecule has 1 N–H and O–H groups in total. The Kier molecular flexibility index (Phi) is 6.50. The normalized spacial score (nSPS) is 10.7. The average Bonchev–Trinajstić information content (AvgIpc) is 2.74. The third kappa shape index (κ3) is 4.74. The van der Waals surface area contributed by atoms with Gasteiger partial charge in [-0.25, -0.2) is 4.79 Å². The summed E-state index contributed by atoms with van der Waals surface area (Å²) in [7, 11) is 1.57. The van der Waals surface area contributed by atoms with Gasteiger partial charge in [-0.05, 0) is 41.7 Å². The van der Waals surface area contributed by atoms with Crippen LogP contribution in [0.1, 0.15) is 41.4 Å². The Balaban J connectivity index is 1.91. The predicted octanol–water partition coefficient (Wildman–Crippen LogP) is 4.61. The predicted molar refractivity (Wildman–Crippen MR) is 114 cm³/mol. The number of rotatable bonds is 8. The van der Waals surface area contributed by atoms with Crippen LogP contribution in [0, 0.1) is 0 Å². The Morgan fingerprint density at radius 1 is 1.07 bits per heavy atom. The Morgan fingerprint density at radius 3 is 2.45 bits per heavy atom. The Labute approximate surface area is 170 Å². The largest absolute Gasteiger partial charge is 0.496 e. The van der Waals surface area contributed by atoms with Gasteiger partial charge in [0.1, 0.15) is 5.75 Å². The number of unbranched alkanes of at least 4 members (excludes halogenated alkanes) is 1. The lowest BCUT2D eigenvalue weighted by Gasteiger charge is -2.15. The summed E-state index contributed by atoms with van der Waals surface area (Å²) in [6.45, 7) is 2.58. The number of methoxy groups -OCH3 is 1. The number of aryl methyl sites for hydroxylation is 1. The van der Waals surface area contributed by atoms with Crippen LogP contribution in [0.4, 0.5) is 0 Å². The molecule has 1 aromatic heterocycles. The van der Waals surface area contributed by atoms with Crippen molar-refractivity contribution in [2.45, 2.75) is 32.7 Å². The number of carboxylic acids is 1. The van der Waals surface area contributed by atoms with E-state index in [1.807, 2.05) is 36.4 Å². The molecule has 0 amide bonds. The van der Waals surface area contributed by atoms with Crippen molar-refractivity contribution in [3.8, 4) is 16.9 Å². The SMILES string of the molecule is CCCCc1cc(OC)cc(=O)n1Cc1ccc(-c2ccccc2C(=O)O)cc1. The average molecular weight is 391 g/mol. The lowest BCUT2D eigenvalue weighted by atomic mass is 9.98. The van der Waals surface area contributed by atoms with Gasteiger partial charge < -0.3 is 14.4 Å². The first-order chi connectivity index (χ1) is 14.0. The van der Waals surface area contributed by atoms with Gasteiger partial charge in [-0.3, -0.25) is 4.79 Å². The molecule has 0 radical (unpaired) electrons. The van der Waals surface area contributed by atoms with E-state index in [2.05, 4.69) is 6.92 Å². The molecule has 150 valence electrons. The van der Waals surface area contributed by atoms with Crippen molar-refractivity contribution in [1.82, 2.24) is 4.57 Å². The van der Waals surface area contributed by atoms with Crippen LogP contribution in [0.15, 0.2) is 65.5 Å². The summed E-state index contributed by atoms with van der Waals surface area (Å²) in [5.41, 5.74) is 3.63. The maximum atomic E-state index is 12.6. The van der Waals surface area contributed by atoms with E-state index in [9.17, 15) is 14.7 Å². The number of pyridine rings is 1. The molecule has 0 aliphatic carbocycles. The van der Waals surface area contributed by atoms with Crippen molar-refractivity contribution in [2.75, 3.05) is 7.11 Å². The molecule has 0 saturated carbocycles. The summed E-state index contributed by atoms with van der Waals surface area (Å²) in [6, 6.07) is 18.1. The van der Waals surface area contributed by atoms with Gasteiger partial charge in [-0.2, -0.15) is 0 Å². The van der Waals surface area contributed by atoms with E-state index in [4.69, 9.17) is 4.74 Å². The molecule has 5 nitrogen and oxygen atoms in total. The van der Waals surface area contributed by atoms with E-state index >= 15 is 0 Å². The number of hydrogen-bond acceptors (Lipinski definition) is 3. The smallest absolute Gasteiger partial charge is 0.336 e. The second kappa shape index (κ2) is 9.24. The summed E-state index contributed by atoms with van der Waals surface area (Å²) < 4.78 is 7.03. The molecule has 3 rings (SSSR count). The monoisotopic (exact) mass is 391 g/mol. The van der Waals surface area contributed by atoms with Crippen LogP contribution in [0.25, 0.3) is 11.1 Å². The minimum atomic E-state index is -0.949. The standard InChI is InChI=1S/C24H25NO4/c1-3-4-7-19-14-20(29-2)15-23(26)25(19)16-17-10-12-18(13-11-17)21-8-5-6-9-22(21)24(27)28/h5-6,8-15H,3-4,7,16H2,1-2H3,(H,27,28). The minimum absolute atomic E-state index is 0.0873. The van der Waals surface area contributed by atoms with Crippen LogP contribution in [0.5, 0.6) is 5.75 Å². The maximum absolute atomic E-state index is 12.6. The highest BCUT2D eigenvalue weighted by atomic mass is 16.5. The highest BCUT2D eigenvalue weighted by Gasteiger charge is 2.12. The molecule has 0 saturated heterocycles. The molecular weight excluding hydrogens is 366 g/mol. The number of ether oxygens (including phenoxy) is 1. The topological polar surface area (TPSA) is 68.5 Å². The number of aromatic carboxylic acids is 1. The lowest BCUT2D eigenvalue weighted by molar-refractivity contribution is 0.0697. The molecular formula is C24H25NO4. The van der Waals surface area contributed by atoms with Gasteiger partial charge in [-0.15, -0.1) is 0 Å². The highest BCUT2D eigenvalue weighted by Crippen LogP contribution is 2.24. The fraction of sp³-hybridized carbons (Fsp3) is 0.250. The summed E-state index contributed by atoms with van der Waals surface area (Å²) in [6.07, 6.45) is 2.85. The van der Waals surface area contributed by atoms with E-state index in [1.165, 1.54) is 6.07 Å². The molecule has 0 bridgehead atoms. The summed E-state index contributed by atoms with van der Waals surface area (Å²) >= 11 is 0. The molecule has 0 atom stereocenters. The van der Waals surface area contributed by atoms with Crippen LogP contribution < -0.4 is 10.3 Å². The fourth-order valence-corrected chi connectivity index (χ4v) is 3.38. The minimum Gasteiger partial charge on any atom is -0.496 e. The van der Waals surface area contributed by atoms with Gasteiger partial charge in [0.25, 0.3) is 5.56 Å². The van der Waals surface area contributed by atoms with Crippen LogP contribution in [-0.2, 0) is 13.0 Å². The van der Waals surface area contributed by atoms with Crippen LogP contribution in [-0.4, -0.2) is 22.8 Å². The third-order valence-corrected chi connectivity index (χ3v) is 4.97. The van der Waals surface area contributed by atoms with Crippen molar-refractivity contribution >= 4 is 5.97 Å². The molecule has 0 fully saturated rings. The van der Waals surface area contributed by atoms with Crippen molar-refractivity contribution in [1.29, 1.82) is 0 Å². The molecule has 1 heterocycles. The van der Waals surface area contributed by atoms with Crippen molar-refractivity contribution in [3.05, 3.63) is 87.8 Å². The molecule has 29 heavy (non-hydrogen) atoms. The highest BCUT2D eigenvalue weighted by molar-refractivity contribution is 5.95. The number of carbonyl (C=O) groups is 1. The zero-order valence-electron chi connectivity index (χ0n) is 16.7. The first kappa shape index (κ1) is 20.4. The lowest BCUT2D eigenvalue weighted by Crippen LogP contribution is -2.23. The number of carboxylic acid groups (broad SMARTS) is 1. The molecule has 5 heteroatoms. The molecule has 0 aliphatic rings. The van der Waals surface area contributed by atoms with Crippen molar-refractivity contribution < 1.29 is 14.6 Å². The molecule has 0 aliphatic heterocycles. The third-order valence-electron chi connectivity index (χ3n) is 4.97. The number of hydrogen-bond donors (Lipinski definition) is 1. The summed E-state index contributed by atoms with van der Waals surface area (Å²) in [5.74, 6) is -0.368. The van der Waals surface area contributed by atoms with E-state index in [0.29, 0.717) is 17.9 Å². The molecule has 0 spiro atoms. The zero-order valence-corrected chi connectivity index (χ0v) is 16.7. The molecule has 3 aromatic rings. The number of nitrogens with zero attached hydrogens (tertiary/aromatic N) is 1. The van der Waals surface area contributed by atoms with Crippen molar-refractivity contribution in [3.63, 3.8) is 0 Å². The van der Waals surface area contributed by atoms with Gasteiger partial charge >= 0.3 is 5.97 Å². The second-order valence-corrected chi connectivity index (χ2v) is 6.96. The number of aromatic nitrogens is 1. The first-order valence-electron chi connectivity index (χ1n) is 9.73. The molecule has 0 unspecified atom stereocenters. The Bertz CT molecular complexity index is 1050. The zero-order chi connectivity index (χ0) is 20.8. The fourth-order valence-electron chi connectivity index (χ4n) is 3.38. The maximum Gasteiger partial charge on any atom is 0.336 e. The van der Waals surface area contributed by atoms with Crippen LogP contribution >= 0.6 is 0 Å². The second-order valence-electron chi connectivity index (χ2n) is 6.96. The van der Waals surface area contributed by atoms with Gasteiger partial charge in [0.05, 0.1) is 19.2 Å². The van der Waals surface area contributed by atoms with Gasteiger partial charge in [0.2, 0.25) is 0 Å². The van der Waals surface area contributed by atoms with E-state index in [-0.39, 0.29) is 11.1 Å². The van der Waals surface area contributed by atoms with Crippen LogP contribution in [0.3, 0.4) is 0 Å². The van der Waals surface area contributed by atoms with Gasteiger partial charge in [0, 0.05) is 11.8 Å². The Morgan fingerprint density at radius 2 is 1.79 bits per heavy atom. The van der Waals surface area contributed by atoms with E-state index < -0.39 is 5.97 Å². The summed E-state index contributed by atoms with van der Waals surface area (Å²) in [5, 5.41) is 9.40. The van der Waals surface area contributed by atoms with Gasteiger partial charge in [0.15, 0.2) is 0 Å². The quantitative estimate of drug-likeness (QED) is 0.609. The first-order valence-corrected chi connectivity index (χ1v) is 9.73. The van der Waals surface area contributed by atoms with Crippen molar-refractivity contribution in [2.24, 2.45) is 0 Å². The van der Waals surface area contributed by atoms with Crippen LogP contribution in [0.2, 0.25) is 0 Å². The van der Waals surface area contributed by atoms with E-state index in [0.717, 1.165) is 36.1 Å². The molecule has 2 aromatic carbocycles. The van der Waals surface area contributed by atoms with Gasteiger partial charge in [-0.1, -0.05) is 55.8 Å².